The van der Waals surface area contributed by atoms with E-state index in [4.69, 9.17) is 9.26 Å². The maximum atomic E-state index is 10.9. The summed E-state index contributed by atoms with van der Waals surface area (Å²) in [7, 11) is 1.56. The van der Waals surface area contributed by atoms with Crippen molar-refractivity contribution in [2.45, 2.75) is 0 Å². The van der Waals surface area contributed by atoms with Gasteiger partial charge in [-0.05, 0) is 28.1 Å². The van der Waals surface area contributed by atoms with Gasteiger partial charge in [0, 0.05) is 0 Å². The quantitative estimate of drug-likeness (QED) is 0.812. The standard InChI is InChI=1S/C11H8BrNO3/c1-15-9-5-3-2-4-7(9)10-8(6-14)11(12)13-16-10/h2-6H,1H3. The number of hydrogen-bond donors (Lipinski definition) is 0. The van der Waals surface area contributed by atoms with Gasteiger partial charge in [-0.3, -0.25) is 4.79 Å². The van der Waals surface area contributed by atoms with Crippen LogP contribution in [0.2, 0.25) is 0 Å². The van der Waals surface area contributed by atoms with Crippen LogP contribution in [-0.4, -0.2) is 18.6 Å². The van der Waals surface area contributed by atoms with E-state index >= 15 is 0 Å². The van der Waals surface area contributed by atoms with Gasteiger partial charge in [-0.1, -0.05) is 17.3 Å². The highest BCUT2D eigenvalue weighted by Gasteiger charge is 2.18. The smallest absolute Gasteiger partial charge is 0.182 e. The van der Waals surface area contributed by atoms with Crippen LogP contribution < -0.4 is 4.74 Å². The molecule has 16 heavy (non-hydrogen) atoms. The van der Waals surface area contributed by atoms with E-state index in [1.165, 1.54) is 0 Å². The molecular formula is C11H8BrNO3. The zero-order chi connectivity index (χ0) is 11.5. The van der Waals surface area contributed by atoms with E-state index in [-0.39, 0.29) is 0 Å². The summed E-state index contributed by atoms with van der Waals surface area (Å²) in [6, 6.07) is 7.27. The summed E-state index contributed by atoms with van der Waals surface area (Å²) < 4.78 is 10.7. The first kappa shape index (κ1) is 10.9. The molecule has 0 aliphatic carbocycles. The molecule has 0 saturated carbocycles. The molecule has 4 nitrogen and oxygen atoms in total. The summed E-state index contributed by atoms with van der Waals surface area (Å²) in [6.07, 6.45) is 0.697. The van der Waals surface area contributed by atoms with Crippen molar-refractivity contribution in [3.63, 3.8) is 0 Å². The number of nitrogens with zero attached hydrogens (tertiary/aromatic N) is 1. The largest absolute Gasteiger partial charge is 0.496 e. The third kappa shape index (κ3) is 1.74. The Morgan fingerprint density at radius 1 is 1.44 bits per heavy atom. The second-order valence-corrected chi connectivity index (χ2v) is 3.79. The van der Waals surface area contributed by atoms with Crippen LogP contribution in [0.5, 0.6) is 5.75 Å². The van der Waals surface area contributed by atoms with Crippen molar-refractivity contribution in [1.82, 2.24) is 5.16 Å². The fourth-order valence-electron chi connectivity index (χ4n) is 1.41. The molecule has 0 saturated heterocycles. The molecule has 0 fully saturated rings. The molecule has 0 unspecified atom stereocenters. The van der Waals surface area contributed by atoms with Crippen molar-refractivity contribution in [3.05, 3.63) is 34.4 Å². The fourth-order valence-corrected chi connectivity index (χ4v) is 1.75. The Hall–Kier alpha value is -1.62. The minimum Gasteiger partial charge on any atom is -0.496 e. The Labute approximate surface area is 100 Å². The van der Waals surface area contributed by atoms with Gasteiger partial charge in [0.05, 0.1) is 18.2 Å². The molecular weight excluding hydrogens is 274 g/mol. The lowest BCUT2D eigenvalue weighted by atomic mass is 10.1. The number of hydrogen-bond acceptors (Lipinski definition) is 4. The zero-order valence-electron chi connectivity index (χ0n) is 8.44. The molecule has 0 radical (unpaired) electrons. The van der Waals surface area contributed by atoms with E-state index in [9.17, 15) is 4.79 Å². The Kier molecular flexibility index (Phi) is 3.05. The Morgan fingerprint density at radius 2 is 2.19 bits per heavy atom. The molecule has 0 aliphatic heterocycles. The summed E-state index contributed by atoms with van der Waals surface area (Å²) in [5.41, 5.74) is 1.08. The third-order valence-electron chi connectivity index (χ3n) is 2.15. The Bertz CT molecular complexity index is 522. The van der Waals surface area contributed by atoms with Crippen molar-refractivity contribution in [2.75, 3.05) is 7.11 Å². The topological polar surface area (TPSA) is 52.3 Å². The van der Waals surface area contributed by atoms with Gasteiger partial charge in [-0.2, -0.15) is 0 Å². The lowest BCUT2D eigenvalue weighted by Crippen LogP contribution is -1.89. The first-order valence-corrected chi connectivity index (χ1v) is 5.31. The zero-order valence-corrected chi connectivity index (χ0v) is 10.0. The van der Waals surface area contributed by atoms with Crippen molar-refractivity contribution < 1.29 is 14.1 Å². The van der Waals surface area contributed by atoms with Gasteiger partial charge in [0.2, 0.25) is 0 Å². The molecule has 0 aliphatic rings. The number of aromatic nitrogens is 1. The van der Waals surface area contributed by atoms with E-state index in [1.807, 2.05) is 12.1 Å². The van der Waals surface area contributed by atoms with E-state index in [0.29, 0.717) is 33.5 Å². The lowest BCUT2D eigenvalue weighted by Gasteiger charge is -2.04. The van der Waals surface area contributed by atoms with Crippen LogP contribution in [0.15, 0.2) is 33.4 Å². The van der Waals surface area contributed by atoms with E-state index in [2.05, 4.69) is 21.1 Å². The molecule has 1 heterocycles. The number of carbonyl (C=O) groups is 1. The fraction of sp³-hybridized carbons (Fsp3) is 0.0909. The van der Waals surface area contributed by atoms with Crippen molar-refractivity contribution >= 4 is 22.2 Å². The number of halogens is 1. The second kappa shape index (κ2) is 4.49. The molecule has 82 valence electrons. The number of ether oxygens (including phenoxy) is 1. The predicted molar refractivity (Wildman–Crippen MR) is 61.6 cm³/mol. The molecule has 0 atom stereocenters. The Morgan fingerprint density at radius 3 is 2.88 bits per heavy atom. The van der Waals surface area contributed by atoms with Crippen LogP contribution in [0.4, 0.5) is 0 Å². The molecule has 2 aromatic rings. The SMILES string of the molecule is COc1ccccc1-c1onc(Br)c1C=O. The summed E-state index contributed by atoms with van der Waals surface area (Å²) in [4.78, 5) is 10.9. The molecule has 2 rings (SSSR count). The summed E-state index contributed by atoms with van der Waals surface area (Å²) in [5, 5.41) is 3.69. The molecule has 0 amide bonds. The maximum Gasteiger partial charge on any atom is 0.182 e. The van der Waals surface area contributed by atoms with E-state index in [1.54, 1.807) is 19.2 Å². The summed E-state index contributed by atoms with van der Waals surface area (Å²) in [6.45, 7) is 0. The number of carbonyl (C=O) groups excluding carboxylic acids is 1. The first-order chi connectivity index (χ1) is 7.77. The third-order valence-corrected chi connectivity index (χ3v) is 2.73. The number of methoxy groups -OCH3 is 1. The maximum absolute atomic E-state index is 10.9. The number of benzene rings is 1. The van der Waals surface area contributed by atoms with Crippen LogP contribution in [-0.2, 0) is 0 Å². The number of rotatable bonds is 3. The molecule has 0 spiro atoms. The van der Waals surface area contributed by atoms with Crippen molar-refractivity contribution in [1.29, 1.82) is 0 Å². The van der Waals surface area contributed by atoms with Gasteiger partial charge in [0.15, 0.2) is 16.6 Å². The predicted octanol–water partition coefficient (Wildman–Crippen LogP) is 2.93. The Balaban J connectivity index is 2.62. The van der Waals surface area contributed by atoms with Crippen molar-refractivity contribution in [2.24, 2.45) is 0 Å². The van der Waals surface area contributed by atoms with Gasteiger partial charge in [-0.15, -0.1) is 0 Å². The highest BCUT2D eigenvalue weighted by molar-refractivity contribution is 9.10. The van der Waals surface area contributed by atoms with Crippen LogP contribution in [0.3, 0.4) is 0 Å². The van der Waals surface area contributed by atoms with Crippen LogP contribution >= 0.6 is 15.9 Å². The van der Waals surface area contributed by atoms with Gasteiger partial charge >= 0.3 is 0 Å². The molecule has 1 aromatic heterocycles. The number of para-hydroxylation sites is 1. The van der Waals surface area contributed by atoms with Gasteiger partial charge in [-0.25, -0.2) is 0 Å². The highest BCUT2D eigenvalue weighted by Crippen LogP contribution is 2.34. The van der Waals surface area contributed by atoms with Gasteiger partial charge in [0.1, 0.15) is 5.75 Å². The summed E-state index contributed by atoms with van der Waals surface area (Å²) in [5.74, 6) is 1.04. The van der Waals surface area contributed by atoms with E-state index in [0.717, 1.165) is 0 Å². The van der Waals surface area contributed by atoms with E-state index < -0.39 is 0 Å². The molecule has 5 heteroatoms. The first-order valence-electron chi connectivity index (χ1n) is 4.51. The second-order valence-electron chi connectivity index (χ2n) is 3.03. The monoisotopic (exact) mass is 281 g/mol. The average Bonchev–Trinajstić information content (AvgIpc) is 2.70. The average molecular weight is 282 g/mol. The summed E-state index contributed by atoms with van der Waals surface area (Å²) >= 11 is 3.14. The highest BCUT2D eigenvalue weighted by atomic mass is 79.9. The normalized spacial score (nSPS) is 10.1. The van der Waals surface area contributed by atoms with Gasteiger partial charge in [0.25, 0.3) is 0 Å². The molecule has 0 N–H and O–H groups in total. The van der Waals surface area contributed by atoms with Crippen LogP contribution in [0, 0.1) is 0 Å². The minimum atomic E-state index is 0.379. The van der Waals surface area contributed by atoms with Crippen LogP contribution in [0.25, 0.3) is 11.3 Å². The molecule has 0 bridgehead atoms. The minimum absolute atomic E-state index is 0.379. The van der Waals surface area contributed by atoms with Crippen molar-refractivity contribution in [3.8, 4) is 17.1 Å². The number of aldehydes is 1. The lowest BCUT2D eigenvalue weighted by molar-refractivity contribution is 0.112. The van der Waals surface area contributed by atoms with Gasteiger partial charge < -0.3 is 9.26 Å². The molecule has 1 aromatic carbocycles. The van der Waals surface area contributed by atoms with Crippen LogP contribution in [0.1, 0.15) is 10.4 Å².